The van der Waals surface area contributed by atoms with E-state index in [0.29, 0.717) is 13.2 Å². The Balaban J connectivity index is 2.43. The Morgan fingerprint density at radius 2 is 2.19 bits per heavy atom. The molecule has 6 nitrogen and oxygen atoms in total. The summed E-state index contributed by atoms with van der Waals surface area (Å²) in [4.78, 5) is 4.53. The number of hydrogen-bond donors (Lipinski definition) is 2. The van der Waals surface area contributed by atoms with E-state index >= 15 is 0 Å². The summed E-state index contributed by atoms with van der Waals surface area (Å²) in [5, 5.41) is 4.36. The number of aromatic nitrogens is 3. The highest BCUT2D eigenvalue weighted by Gasteiger charge is 2.23. The molecule has 1 atom stereocenters. The van der Waals surface area contributed by atoms with Crippen molar-refractivity contribution in [2.24, 2.45) is 5.84 Å². The summed E-state index contributed by atoms with van der Waals surface area (Å²) < 4.78 is 7.89. The van der Waals surface area contributed by atoms with Crippen molar-refractivity contribution in [3.05, 3.63) is 45.4 Å². The second-order valence-corrected chi connectivity index (χ2v) is 5.76. The molecule has 0 saturated heterocycles. The maximum atomic E-state index is 5.79. The van der Waals surface area contributed by atoms with Crippen LogP contribution in [0.25, 0.3) is 0 Å². The van der Waals surface area contributed by atoms with Crippen LogP contribution in [0, 0.1) is 13.8 Å². The number of aryl methyl sites for hydroxylation is 2. The van der Waals surface area contributed by atoms with Crippen molar-refractivity contribution in [3.8, 4) is 0 Å². The molecule has 1 unspecified atom stereocenters. The minimum Gasteiger partial charge on any atom is -0.383 e. The summed E-state index contributed by atoms with van der Waals surface area (Å²) in [5.41, 5.74) is 6.89. The fraction of sp³-hybridized carbons (Fsp3) is 0.429. The van der Waals surface area contributed by atoms with Crippen LogP contribution in [-0.4, -0.2) is 28.5 Å². The van der Waals surface area contributed by atoms with Crippen LogP contribution in [0.4, 0.5) is 0 Å². The largest absolute Gasteiger partial charge is 0.383 e. The lowest BCUT2D eigenvalue weighted by molar-refractivity contribution is 0.182. The molecule has 0 fully saturated rings. The third kappa shape index (κ3) is 3.49. The van der Waals surface area contributed by atoms with Crippen LogP contribution in [0.15, 0.2) is 22.9 Å². The Morgan fingerprint density at radius 3 is 2.81 bits per heavy atom. The van der Waals surface area contributed by atoms with Crippen molar-refractivity contribution in [1.82, 2.24) is 20.2 Å². The molecule has 21 heavy (non-hydrogen) atoms. The zero-order chi connectivity index (χ0) is 15.4. The summed E-state index contributed by atoms with van der Waals surface area (Å²) in [7, 11) is 1.67. The predicted molar refractivity (Wildman–Crippen MR) is 84.7 cm³/mol. The van der Waals surface area contributed by atoms with E-state index in [0.717, 1.165) is 27.0 Å². The molecule has 0 spiro atoms. The molecular weight excluding hydrogens is 334 g/mol. The lowest BCUT2D eigenvalue weighted by Crippen LogP contribution is -2.32. The third-order valence-corrected chi connectivity index (χ3v) is 3.92. The van der Waals surface area contributed by atoms with Gasteiger partial charge in [0.05, 0.1) is 35.2 Å². The SMILES string of the molecule is COCCn1ncc(Br)c1C(NN)c1ncc(C)cc1C. The first-order valence-electron chi connectivity index (χ1n) is 6.68. The summed E-state index contributed by atoms with van der Waals surface area (Å²) in [6.07, 6.45) is 3.61. The van der Waals surface area contributed by atoms with Crippen molar-refractivity contribution >= 4 is 15.9 Å². The molecule has 2 aromatic rings. The first-order chi connectivity index (χ1) is 10.1. The molecule has 0 aliphatic heterocycles. The zero-order valence-corrected chi connectivity index (χ0v) is 14.0. The predicted octanol–water partition coefficient (Wildman–Crippen LogP) is 1.86. The van der Waals surface area contributed by atoms with E-state index in [1.54, 1.807) is 13.3 Å². The third-order valence-electron chi connectivity index (χ3n) is 3.31. The molecule has 0 aliphatic carbocycles. The number of ether oxygens (including phenoxy) is 1. The number of nitrogens with two attached hydrogens (primary N) is 1. The van der Waals surface area contributed by atoms with Gasteiger partial charge in [0.25, 0.3) is 0 Å². The number of nitrogens with zero attached hydrogens (tertiary/aromatic N) is 3. The lowest BCUT2D eigenvalue weighted by atomic mass is 10.0. The van der Waals surface area contributed by atoms with Crippen LogP contribution >= 0.6 is 15.9 Å². The molecule has 0 amide bonds. The molecule has 2 rings (SSSR count). The maximum Gasteiger partial charge on any atom is 0.106 e. The monoisotopic (exact) mass is 353 g/mol. The van der Waals surface area contributed by atoms with Crippen LogP contribution < -0.4 is 11.3 Å². The number of hydrazine groups is 1. The molecule has 3 N–H and O–H groups in total. The summed E-state index contributed by atoms with van der Waals surface area (Å²) in [6.45, 7) is 5.29. The zero-order valence-electron chi connectivity index (χ0n) is 12.4. The van der Waals surface area contributed by atoms with Crippen molar-refractivity contribution < 1.29 is 4.74 Å². The van der Waals surface area contributed by atoms with E-state index < -0.39 is 0 Å². The molecule has 7 heteroatoms. The Morgan fingerprint density at radius 1 is 1.43 bits per heavy atom. The van der Waals surface area contributed by atoms with E-state index in [1.165, 1.54) is 0 Å². The van der Waals surface area contributed by atoms with Crippen molar-refractivity contribution in [2.45, 2.75) is 26.4 Å². The number of hydrogen-bond acceptors (Lipinski definition) is 5. The van der Waals surface area contributed by atoms with Gasteiger partial charge in [0, 0.05) is 13.3 Å². The lowest BCUT2D eigenvalue weighted by Gasteiger charge is -2.20. The fourth-order valence-corrected chi connectivity index (χ4v) is 2.86. The molecule has 0 bridgehead atoms. The minimum absolute atomic E-state index is 0.237. The average molecular weight is 354 g/mol. The van der Waals surface area contributed by atoms with Crippen molar-refractivity contribution in [3.63, 3.8) is 0 Å². The van der Waals surface area contributed by atoms with Gasteiger partial charge in [-0.1, -0.05) is 6.07 Å². The number of halogens is 1. The second-order valence-electron chi connectivity index (χ2n) is 4.91. The van der Waals surface area contributed by atoms with E-state index in [-0.39, 0.29) is 6.04 Å². The molecular formula is C14H20BrN5O. The standard InChI is InChI=1S/C14H20BrN5O/c1-9-6-10(2)12(17-7-9)13(19-16)14-11(15)8-18-20(14)4-5-21-3/h6-8,13,19H,4-5,16H2,1-3H3. The fourth-order valence-electron chi connectivity index (χ4n) is 2.33. The minimum atomic E-state index is -0.237. The van der Waals surface area contributed by atoms with Crippen molar-refractivity contribution in [2.75, 3.05) is 13.7 Å². The molecule has 0 saturated carbocycles. The highest BCUT2D eigenvalue weighted by atomic mass is 79.9. The van der Waals surface area contributed by atoms with Gasteiger partial charge in [0.1, 0.15) is 6.04 Å². The van der Waals surface area contributed by atoms with E-state index in [4.69, 9.17) is 10.6 Å². The second kappa shape index (κ2) is 7.13. The van der Waals surface area contributed by atoms with E-state index in [9.17, 15) is 0 Å². The van der Waals surface area contributed by atoms with Crippen LogP contribution in [0.2, 0.25) is 0 Å². The number of pyridine rings is 1. The van der Waals surface area contributed by atoms with Gasteiger partial charge in [0.15, 0.2) is 0 Å². The Labute approximate surface area is 132 Å². The number of nitrogens with one attached hydrogen (secondary N) is 1. The van der Waals surface area contributed by atoms with Crippen LogP contribution in [0.5, 0.6) is 0 Å². The van der Waals surface area contributed by atoms with E-state index in [1.807, 2.05) is 24.7 Å². The normalized spacial score (nSPS) is 12.6. The Kier molecular flexibility index (Phi) is 5.46. The summed E-state index contributed by atoms with van der Waals surface area (Å²) in [6, 6.07) is 1.86. The summed E-state index contributed by atoms with van der Waals surface area (Å²) in [5.74, 6) is 5.79. The van der Waals surface area contributed by atoms with Gasteiger partial charge in [-0.15, -0.1) is 0 Å². The van der Waals surface area contributed by atoms with Gasteiger partial charge in [-0.3, -0.25) is 15.5 Å². The molecule has 2 aromatic heterocycles. The quantitative estimate of drug-likeness (QED) is 0.612. The van der Waals surface area contributed by atoms with E-state index in [2.05, 4.69) is 37.5 Å². The first kappa shape index (κ1) is 16.1. The Bertz CT molecular complexity index is 613. The molecule has 0 aromatic carbocycles. The van der Waals surface area contributed by atoms with Gasteiger partial charge in [-0.05, 0) is 40.9 Å². The number of methoxy groups -OCH3 is 1. The topological polar surface area (TPSA) is 78.0 Å². The molecule has 0 radical (unpaired) electrons. The number of rotatable bonds is 6. The average Bonchev–Trinajstić information content (AvgIpc) is 2.81. The summed E-state index contributed by atoms with van der Waals surface area (Å²) >= 11 is 3.54. The molecule has 2 heterocycles. The first-order valence-corrected chi connectivity index (χ1v) is 7.47. The highest BCUT2D eigenvalue weighted by molar-refractivity contribution is 9.10. The van der Waals surface area contributed by atoms with Crippen LogP contribution in [0.1, 0.15) is 28.6 Å². The van der Waals surface area contributed by atoms with Crippen molar-refractivity contribution in [1.29, 1.82) is 0 Å². The van der Waals surface area contributed by atoms with Gasteiger partial charge in [0.2, 0.25) is 0 Å². The van der Waals surface area contributed by atoms with Gasteiger partial charge < -0.3 is 4.74 Å². The van der Waals surface area contributed by atoms with Gasteiger partial charge in [-0.25, -0.2) is 5.43 Å². The smallest absolute Gasteiger partial charge is 0.106 e. The Hall–Kier alpha value is -1.28. The molecule has 114 valence electrons. The van der Waals surface area contributed by atoms with Gasteiger partial charge >= 0.3 is 0 Å². The molecule has 0 aliphatic rings. The van der Waals surface area contributed by atoms with Crippen LogP contribution in [-0.2, 0) is 11.3 Å². The highest BCUT2D eigenvalue weighted by Crippen LogP contribution is 2.28. The maximum absolute atomic E-state index is 5.79. The van der Waals surface area contributed by atoms with Crippen LogP contribution in [0.3, 0.4) is 0 Å². The van der Waals surface area contributed by atoms with Gasteiger partial charge in [-0.2, -0.15) is 5.10 Å².